The molecule has 3 nitrogen and oxygen atoms in total. The molecule has 0 amide bonds. The maximum atomic E-state index is 4.14. The topological polar surface area (TPSA) is 36.1 Å². The Hall–Kier alpha value is -2.00. The molecule has 0 aliphatic rings. The molecule has 3 N–H and O–H groups in total. The second-order valence-electron chi connectivity index (χ2n) is 7.27. The van der Waals surface area contributed by atoms with Crippen molar-refractivity contribution < 1.29 is 0 Å². The normalized spacial score (nSPS) is 12.8. The Labute approximate surface area is 160 Å². The largest absolute Gasteiger partial charge is 0.382 e. The summed E-state index contributed by atoms with van der Waals surface area (Å²) in [6.45, 7) is 17.7. The van der Waals surface area contributed by atoms with Crippen molar-refractivity contribution in [3.05, 3.63) is 66.0 Å². The van der Waals surface area contributed by atoms with Gasteiger partial charge in [0.05, 0.1) is 6.54 Å². The Morgan fingerprint density at radius 2 is 1.81 bits per heavy atom. The van der Waals surface area contributed by atoms with Gasteiger partial charge in [-0.05, 0) is 56.8 Å². The summed E-state index contributed by atoms with van der Waals surface area (Å²) in [4.78, 5) is 0. The molecule has 0 radical (unpaired) electrons. The molecule has 1 unspecified atom stereocenters. The third-order valence-corrected chi connectivity index (χ3v) is 4.52. The molecule has 0 saturated heterocycles. The van der Waals surface area contributed by atoms with Gasteiger partial charge in [-0.15, -0.1) is 0 Å². The monoisotopic (exact) mass is 355 g/mol. The molecule has 0 fully saturated rings. The molecule has 0 aliphatic carbocycles. The van der Waals surface area contributed by atoms with Gasteiger partial charge in [0.15, 0.2) is 0 Å². The highest BCUT2D eigenvalue weighted by molar-refractivity contribution is 5.49. The molecule has 1 aromatic rings. The van der Waals surface area contributed by atoms with E-state index in [1.54, 1.807) is 0 Å². The van der Waals surface area contributed by atoms with Crippen LogP contribution >= 0.6 is 0 Å². The second kappa shape index (κ2) is 11.6. The zero-order valence-electron chi connectivity index (χ0n) is 17.3. The first-order valence-electron chi connectivity index (χ1n) is 9.66. The number of aryl methyl sites for hydroxylation is 1. The van der Waals surface area contributed by atoms with Gasteiger partial charge in [0.1, 0.15) is 0 Å². The third kappa shape index (κ3) is 7.92. The zero-order valence-corrected chi connectivity index (χ0v) is 17.3. The van der Waals surface area contributed by atoms with Crippen LogP contribution in [-0.4, -0.2) is 19.6 Å². The van der Waals surface area contributed by atoms with Crippen LogP contribution in [-0.2, 0) is 6.42 Å². The first-order valence-corrected chi connectivity index (χ1v) is 9.66. The summed E-state index contributed by atoms with van der Waals surface area (Å²) in [7, 11) is 1.96. The number of nitrogens with one attached hydrogen (secondary N) is 3. The molecule has 1 atom stereocenters. The van der Waals surface area contributed by atoms with Gasteiger partial charge >= 0.3 is 0 Å². The van der Waals surface area contributed by atoms with Crippen molar-refractivity contribution in [2.75, 3.05) is 18.9 Å². The van der Waals surface area contributed by atoms with Gasteiger partial charge in [0, 0.05) is 23.1 Å². The van der Waals surface area contributed by atoms with E-state index in [4.69, 9.17) is 0 Å². The Kier molecular flexibility index (Phi) is 9.82. The summed E-state index contributed by atoms with van der Waals surface area (Å²) in [6, 6.07) is 8.89. The Morgan fingerprint density at radius 3 is 2.35 bits per heavy atom. The molecule has 0 aromatic heterocycles. The van der Waals surface area contributed by atoms with Crippen molar-refractivity contribution in [1.29, 1.82) is 0 Å². The van der Waals surface area contributed by atoms with Crippen molar-refractivity contribution in [1.82, 2.24) is 10.6 Å². The maximum absolute atomic E-state index is 4.14. The minimum absolute atomic E-state index is 0.257. The van der Waals surface area contributed by atoms with Gasteiger partial charge in [0.2, 0.25) is 0 Å². The maximum Gasteiger partial charge on any atom is 0.0542 e. The first kappa shape index (κ1) is 22.0. The number of rotatable bonds is 12. The van der Waals surface area contributed by atoms with E-state index in [2.05, 4.69) is 87.1 Å². The number of allylic oxidation sites excluding steroid dienone is 2. The highest BCUT2D eigenvalue weighted by Gasteiger charge is 2.14. The average molecular weight is 356 g/mol. The van der Waals surface area contributed by atoms with E-state index >= 15 is 0 Å². The van der Waals surface area contributed by atoms with Crippen LogP contribution in [0.4, 0.5) is 5.69 Å². The third-order valence-electron chi connectivity index (χ3n) is 4.52. The van der Waals surface area contributed by atoms with Crippen LogP contribution in [0.25, 0.3) is 0 Å². The molecule has 144 valence electrons. The van der Waals surface area contributed by atoms with Crippen LogP contribution in [0.5, 0.6) is 0 Å². The van der Waals surface area contributed by atoms with Gasteiger partial charge in [-0.2, -0.15) is 0 Å². The summed E-state index contributed by atoms with van der Waals surface area (Å²) in [5, 5.41) is 10.0. The summed E-state index contributed by atoms with van der Waals surface area (Å²) in [5.41, 5.74) is 5.83. The minimum Gasteiger partial charge on any atom is -0.382 e. The van der Waals surface area contributed by atoms with E-state index < -0.39 is 0 Å². The lowest BCUT2D eigenvalue weighted by Crippen LogP contribution is -2.38. The van der Waals surface area contributed by atoms with Crippen molar-refractivity contribution >= 4 is 5.69 Å². The Morgan fingerprint density at radius 1 is 1.15 bits per heavy atom. The summed E-state index contributed by atoms with van der Waals surface area (Å²) in [5.74, 6) is 0.490. The number of likely N-dealkylation sites (N-methyl/N-ethyl adjacent to an activating group) is 1. The van der Waals surface area contributed by atoms with Crippen molar-refractivity contribution in [2.24, 2.45) is 5.92 Å². The van der Waals surface area contributed by atoms with Gasteiger partial charge in [-0.25, -0.2) is 0 Å². The lowest BCUT2D eigenvalue weighted by atomic mass is 10.0. The molecule has 0 saturated carbocycles. The van der Waals surface area contributed by atoms with Crippen LogP contribution in [0.2, 0.25) is 0 Å². The minimum atomic E-state index is 0.257. The zero-order chi connectivity index (χ0) is 19.5. The van der Waals surface area contributed by atoms with Crippen LogP contribution in [0.3, 0.4) is 0 Å². The quantitative estimate of drug-likeness (QED) is 0.448. The molecule has 3 heteroatoms. The van der Waals surface area contributed by atoms with E-state index in [0.717, 1.165) is 36.3 Å². The highest BCUT2D eigenvalue weighted by atomic mass is 15.0. The van der Waals surface area contributed by atoms with Crippen molar-refractivity contribution in [3.8, 4) is 0 Å². The predicted molar refractivity (Wildman–Crippen MR) is 116 cm³/mol. The summed E-state index contributed by atoms with van der Waals surface area (Å²) >= 11 is 0. The molecular weight excluding hydrogens is 318 g/mol. The number of hydrogen-bond donors (Lipinski definition) is 3. The summed E-state index contributed by atoms with van der Waals surface area (Å²) < 4.78 is 0. The number of hydrogen-bond acceptors (Lipinski definition) is 3. The molecule has 26 heavy (non-hydrogen) atoms. The van der Waals surface area contributed by atoms with E-state index in [1.807, 2.05) is 7.05 Å². The molecule has 0 heterocycles. The van der Waals surface area contributed by atoms with Gasteiger partial charge < -0.3 is 16.0 Å². The molecule has 1 rings (SSSR count). The Bertz CT molecular complexity index is 596. The fourth-order valence-electron chi connectivity index (χ4n) is 3.04. The van der Waals surface area contributed by atoms with E-state index in [9.17, 15) is 0 Å². The van der Waals surface area contributed by atoms with Crippen LogP contribution in [0.1, 0.15) is 46.1 Å². The number of anilines is 1. The molecule has 0 aliphatic heterocycles. The SMILES string of the molecule is C=C(CNC(=C)C(NC)C(C)C)Nc1ccc(CC/C(C)=C/CC)cc1. The fraction of sp³-hybridized carbons (Fsp3) is 0.478. The highest BCUT2D eigenvalue weighted by Crippen LogP contribution is 2.15. The van der Waals surface area contributed by atoms with Crippen molar-refractivity contribution in [3.63, 3.8) is 0 Å². The molecule has 0 bridgehead atoms. The van der Waals surface area contributed by atoms with Crippen LogP contribution < -0.4 is 16.0 Å². The average Bonchev–Trinajstić information content (AvgIpc) is 2.60. The van der Waals surface area contributed by atoms with Gasteiger partial charge in [-0.3, -0.25) is 0 Å². The summed E-state index contributed by atoms with van der Waals surface area (Å²) in [6.07, 6.45) is 5.63. The van der Waals surface area contributed by atoms with Gasteiger partial charge in [-0.1, -0.05) is 57.7 Å². The lowest BCUT2D eigenvalue weighted by molar-refractivity contribution is 0.459. The van der Waals surface area contributed by atoms with Crippen LogP contribution in [0.15, 0.2) is 60.5 Å². The van der Waals surface area contributed by atoms with E-state index in [1.165, 1.54) is 11.1 Å². The molecule has 0 spiro atoms. The van der Waals surface area contributed by atoms with Crippen LogP contribution in [0, 0.1) is 5.92 Å². The molecule has 1 aromatic carbocycles. The second-order valence-corrected chi connectivity index (χ2v) is 7.27. The van der Waals surface area contributed by atoms with Crippen molar-refractivity contribution in [2.45, 2.75) is 53.0 Å². The van der Waals surface area contributed by atoms with E-state index in [0.29, 0.717) is 12.5 Å². The van der Waals surface area contributed by atoms with Gasteiger partial charge in [0.25, 0.3) is 0 Å². The Balaban J connectivity index is 2.45. The van der Waals surface area contributed by atoms with E-state index in [-0.39, 0.29) is 6.04 Å². The predicted octanol–water partition coefficient (Wildman–Crippen LogP) is 5.25. The standard InChI is InChI=1S/C23H37N3/c1-8-9-18(4)10-11-21-12-14-22(15-13-21)26-19(5)16-25-20(6)23(24-7)17(2)3/h9,12-15,17,23-26H,5-6,8,10-11,16H2,1-4,7H3/b18-9+. The number of benzene rings is 1. The molecular formula is C23H37N3. The lowest BCUT2D eigenvalue weighted by Gasteiger charge is -2.24. The fourth-order valence-corrected chi connectivity index (χ4v) is 3.04. The smallest absolute Gasteiger partial charge is 0.0542 e. The first-order chi connectivity index (χ1) is 12.4.